The van der Waals surface area contributed by atoms with E-state index in [1.165, 1.54) is 11.3 Å². The van der Waals surface area contributed by atoms with Crippen LogP contribution in [0.5, 0.6) is 5.75 Å². The highest BCUT2D eigenvalue weighted by atomic mass is 79.9. The molecule has 2 N–H and O–H groups in total. The van der Waals surface area contributed by atoms with Crippen LogP contribution in [0.2, 0.25) is 0 Å². The number of carbonyl (C=O) groups excluding carboxylic acids is 2. The number of fused-ring (bicyclic) bond motifs is 1. The van der Waals surface area contributed by atoms with E-state index < -0.39 is 0 Å². The predicted octanol–water partition coefficient (Wildman–Crippen LogP) is 5.02. The second-order valence-electron chi connectivity index (χ2n) is 6.36. The Hall–Kier alpha value is -2.64. The van der Waals surface area contributed by atoms with Crippen molar-refractivity contribution in [1.29, 1.82) is 0 Å². The predicted molar refractivity (Wildman–Crippen MR) is 113 cm³/mol. The van der Waals surface area contributed by atoms with Crippen molar-refractivity contribution >= 4 is 44.8 Å². The van der Waals surface area contributed by atoms with Crippen molar-refractivity contribution in [2.24, 2.45) is 0 Å². The molecule has 1 atom stereocenters. The monoisotopic (exact) mass is 456 g/mol. The maximum absolute atomic E-state index is 12.8. The number of hydrogen-bond donors (Lipinski definition) is 2. The van der Waals surface area contributed by atoms with Crippen molar-refractivity contribution in [1.82, 2.24) is 5.32 Å². The molecule has 0 bridgehead atoms. The molecular weight excluding hydrogens is 440 g/mol. The molecule has 1 aliphatic heterocycles. The van der Waals surface area contributed by atoms with Gasteiger partial charge >= 0.3 is 0 Å². The SMILES string of the molecule is O=C(NC1CCOc2ccc(Br)cc21)c1cccc(NC(=O)c2cccs2)c1. The van der Waals surface area contributed by atoms with Gasteiger partial charge in [-0.05, 0) is 47.8 Å². The summed E-state index contributed by atoms with van der Waals surface area (Å²) in [5, 5.41) is 7.76. The van der Waals surface area contributed by atoms with Gasteiger partial charge in [-0.3, -0.25) is 9.59 Å². The summed E-state index contributed by atoms with van der Waals surface area (Å²) in [6, 6.07) is 16.2. The lowest BCUT2D eigenvalue weighted by Gasteiger charge is -2.27. The maximum atomic E-state index is 12.8. The summed E-state index contributed by atoms with van der Waals surface area (Å²) in [6.07, 6.45) is 0.698. The first-order chi connectivity index (χ1) is 13.6. The number of benzene rings is 2. The summed E-state index contributed by atoms with van der Waals surface area (Å²) < 4.78 is 6.61. The summed E-state index contributed by atoms with van der Waals surface area (Å²) in [5.41, 5.74) is 2.03. The number of rotatable bonds is 4. The zero-order chi connectivity index (χ0) is 19.5. The number of amides is 2. The molecule has 1 unspecified atom stereocenters. The van der Waals surface area contributed by atoms with Crippen molar-refractivity contribution in [3.05, 3.63) is 80.5 Å². The molecule has 0 saturated carbocycles. The highest BCUT2D eigenvalue weighted by Crippen LogP contribution is 2.34. The molecule has 7 heteroatoms. The summed E-state index contributed by atoms with van der Waals surface area (Å²) in [7, 11) is 0. The number of carbonyl (C=O) groups is 2. The van der Waals surface area contributed by atoms with E-state index in [0.717, 1.165) is 15.8 Å². The smallest absolute Gasteiger partial charge is 0.265 e. The van der Waals surface area contributed by atoms with E-state index in [9.17, 15) is 9.59 Å². The van der Waals surface area contributed by atoms with Crippen molar-refractivity contribution < 1.29 is 14.3 Å². The molecule has 0 saturated heterocycles. The van der Waals surface area contributed by atoms with E-state index in [4.69, 9.17) is 4.74 Å². The van der Waals surface area contributed by atoms with Gasteiger partial charge in [0.05, 0.1) is 17.5 Å². The Labute approximate surface area is 174 Å². The third-order valence-corrected chi connectivity index (χ3v) is 5.81. The van der Waals surface area contributed by atoms with E-state index in [-0.39, 0.29) is 17.9 Å². The van der Waals surface area contributed by atoms with Crippen LogP contribution in [-0.2, 0) is 0 Å². The molecule has 2 aromatic carbocycles. The average molecular weight is 457 g/mol. The molecule has 1 aromatic heterocycles. The molecule has 1 aliphatic rings. The molecule has 3 aromatic rings. The molecule has 5 nitrogen and oxygen atoms in total. The molecule has 4 rings (SSSR count). The van der Waals surface area contributed by atoms with Crippen LogP contribution in [0.1, 0.15) is 38.1 Å². The van der Waals surface area contributed by atoms with Gasteiger partial charge in [0.25, 0.3) is 11.8 Å². The number of thiophene rings is 1. The van der Waals surface area contributed by atoms with E-state index in [1.54, 1.807) is 30.3 Å². The molecule has 0 spiro atoms. The first-order valence-corrected chi connectivity index (χ1v) is 10.5. The van der Waals surface area contributed by atoms with E-state index in [1.807, 2.05) is 29.6 Å². The van der Waals surface area contributed by atoms with Crippen molar-refractivity contribution in [2.75, 3.05) is 11.9 Å². The molecule has 28 heavy (non-hydrogen) atoms. The quantitative estimate of drug-likeness (QED) is 0.579. The second kappa shape index (κ2) is 8.16. The molecule has 2 heterocycles. The number of hydrogen-bond acceptors (Lipinski definition) is 4. The van der Waals surface area contributed by atoms with Crippen LogP contribution in [0.4, 0.5) is 5.69 Å². The largest absolute Gasteiger partial charge is 0.493 e. The number of anilines is 1. The topological polar surface area (TPSA) is 67.4 Å². The number of halogens is 1. The molecule has 2 amide bonds. The minimum Gasteiger partial charge on any atom is -0.493 e. The molecule has 0 aliphatic carbocycles. The van der Waals surface area contributed by atoms with E-state index in [0.29, 0.717) is 29.2 Å². The normalized spacial score (nSPS) is 15.2. The summed E-state index contributed by atoms with van der Waals surface area (Å²) in [6.45, 7) is 0.552. The van der Waals surface area contributed by atoms with Gasteiger partial charge in [-0.15, -0.1) is 11.3 Å². The lowest BCUT2D eigenvalue weighted by molar-refractivity contribution is 0.0923. The zero-order valence-electron chi connectivity index (χ0n) is 14.8. The minimum absolute atomic E-state index is 0.127. The third-order valence-electron chi connectivity index (χ3n) is 4.44. The Morgan fingerprint density at radius 1 is 1.07 bits per heavy atom. The van der Waals surface area contributed by atoms with Gasteiger partial charge in [0.15, 0.2) is 0 Å². The van der Waals surface area contributed by atoms with Gasteiger partial charge in [0.1, 0.15) is 5.75 Å². The van der Waals surface area contributed by atoms with Gasteiger partial charge in [-0.1, -0.05) is 28.1 Å². The standard InChI is InChI=1S/C21H17BrN2O3S/c22-14-6-7-18-16(12-14)17(8-9-27-18)24-20(25)13-3-1-4-15(11-13)23-21(26)19-5-2-10-28-19/h1-7,10-12,17H,8-9H2,(H,23,26)(H,24,25). The average Bonchev–Trinajstić information content (AvgIpc) is 3.24. The van der Waals surface area contributed by atoms with E-state index >= 15 is 0 Å². The highest BCUT2D eigenvalue weighted by molar-refractivity contribution is 9.10. The Morgan fingerprint density at radius 3 is 2.79 bits per heavy atom. The fourth-order valence-electron chi connectivity index (χ4n) is 3.10. The van der Waals surface area contributed by atoms with Crippen LogP contribution >= 0.6 is 27.3 Å². The fourth-order valence-corrected chi connectivity index (χ4v) is 4.09. The van der Waals surface area contributed by atoms with Crippen LogP contribution in [0.15, 0.2) is 64.5 Å². The number of nitrogens with one attached hydrogen (secondary N) is 2. The van der Waals surface area contributed by atoms with Crippen LogP contribution in [0.25, 0.3) is 0 Å². The Balaban J connectivity index is 1.49. The molecule has 142 valence electrons. The molecule has 0 fully saturated rings. The Bertz CT molecular complexity index is 1020. The van der Waals surface area contributed by atoms with Gasteiger partial charge in [-0.25, -0.2) is 0 Å². The Kier molecular flexibility index (Phi) is 5.45. The van der Waals surface area contributed by atoms with E-state index in [2.05, 4.69) is 26.6 Å². The first-order valence-electron chi connectivity index (χ1n) is 8.78. The van der Waals surface area contributed by atoms with Crippen molar-refractivity contribution in [3.8, 4) is 5.75 Å². The van der Waals surface area contributed by atoms with Gasteiger partial charge in [-0.2, -0.15) is 0 Å². The first kappa shape index (κ1) is 18.7. The van der Waals surface area contributed by atoms with Crippen molar-refractivity contribution in [3.63, 3.8) is 0 Å². The lowest BCUT2D eigenvalue weighted by Crippen LogP contribution is -2.32. The number of ether oxygens (including phenoxy) is 1. The highest BCUT2D eigenvalue weighted by Gasteiger charge is 2.24. The molecule has 0 radical (unpaired) electrons. The van der Waals surface area contributed by atoms with Crippen LogP contribution < -0.4 is 15.4 Å². The second-order valence-corrected chi connectivity index (χ2v) is 8.22. The molecular formula is C21H17BrN2O3S. The maximum Gasteiger partial charge on any atom is 0.265 e. The van der Waals surface area contributed by atoms with Crippen LogP contribution in [-0.4, -0.2) is 18.4 Å². The summed E-state index contributed by atoms with van der Waals surface area (Å²) >= 11 is 4.84. The van der Waals surface area contributed by atoms with Crippen LogP contribution in [0.3, 0.4) is 0 Å². The Morgan fingerprint density at radius 2 is 1.96 bits per heavy atom. The summed E-state index contributed by atoms with van der Waals surface area (Å²) in [5.74, 6) is 0.414. The van der Waals surface area contributed by atoms with Crippen molar-refractivity contribution in [2.45, 2.75) is 12.5 Å². The third kappa shape index (κ3) is 4.10. The fraction of sp³-hybridized carbons (Fsp3) is 0.143. The van der Waals surface area contributed by atoms with Gasteiger partial charge in [0, 0.05) is 27.7 Å². The lowest BCUT2D eigenvalue weighted by atomic mass is 10.00. The van der Waals surface area contributed by atoms with Gasteiger partial charge in [0.2, 0.25) is 0 Å². The minimum atomic E-state index is -0.190. The van der Waals surface area contributed by atoms with Crippen LogP contribution in [0, 0.1) is 0 Å². The zero-order valence-corrected chi connectivity index (χ0v) is 17.2. The summed E-state index contributed by atoms with van der Waals surface area (Å²) in [4.78, 5) is 25.6. The van der Waals surface area contributed by atoms with Gasteiger partial charge < -0.3 is 15.4 Å².